The van der Waals surface area contributed by atoms with Crippen LogP contribution in [0.2, 0.25) is 5.02 Å². The first-order chi connectivity index (χ1) is 14.1. The van der Waals surface area contributed by atoms with Gasteiger partial charge in [0.2, 0.25) is 11.8 Å². The smallest absolute Gasteiger partial charge is 0.228 e. The highest BCUT2D eigenvalue weighted by molar-refractivity contribution is 6.31. The van der Waals surface area contributed by atoms with E-state index in [0.29, 0.717) is 30.3 Å². The van der Waals surface area contributed by atoms with Crippen LogP contribution in [0.3, 0.4) is 0 Å². The lowest BCUT2D eigenvalue weighted by atomic mass is 10.1. The molecule has 152 valence electrons. The lowest BCUT2D eigenvalue weighted by Gasteiger charge is -2.30. The second kappa shape index (κ2) is 8.84. The zero-order valence-electron chi connectivity index (χ0n) is 16.2. The number of carbonyl (C=O) groups excluding carboxylic acids is 2. The quantitative estimate of drug-likeness (QED) is 0.815. The van der Waals surface area contributed by atoms with Gasteiger partial charge in [0.05, 0.1) is 31.0 Å². The third kappa shape index (κ3) is 4.71. The van der Waals surface area contributed by atoms with Crippen LogP contribution in [0.5, 0.6) is 0 Å². The summed E-state index contributed by atoms with van der Waals surface area (Å²) in [5, 5.41) is 3.58. The van der Waals surface area contributed by atoms with Gasteiger partial charge in [-0.25, -0.2) is 0 Å². The van der Waals surface area contributed by atoms with E-state index in [4.69, 9.17) is 16.3 Å². The average Bonchev–Trinajstić information content (AvgIpc) is 3.15. The predicted molar refractivity (Wildman–Crippen MR) is 115 cm³/mol. The molecule has 2 amide bonds. The summed E-state index contributed by atoms with van der Waals surface area (Å²) in [4.78, 5) is 28.5. The maximum atomic E-state index is 12.7. The number of halogens is 1. The normalized spacial score (nSPS) is 16.9. The number of hydrogen-bond donors (Lipinski definition) is 1. The molecule has 2 aromatic rings. The molecule has 6 nitrogen and oxygen atoms in total. The fourth-order valence-corrected chi connectivity index (χ4v) is 3.96. The second-order valence-electron chi connectivity index (χ2n) is 7.30. The summed E-state index contributed by atoms with van der Waals surface area (Å²) < 4.78 is 5.42. The zero-order chi connectivity index (χ0) is 20.2. The molecule has 0 unspecified atom stereocenters. The summed E-state index contributed by atoms with van der Waals surface area (Å²) >= 11 is 6.16. The van der Waals surface area contributed by atoms with Gasteiger partial charge in [-0.1, -0.05) is 23.7 Å². The van der Waals surface area contributed by atoms with Crippen LogP contribution in [0.25, 0.3) is 0 Å². The molecule has 4 rings (SSSR count). The number of carbonyl (C=O) groups is 2. The monoisotopic (exact) mass is 413 g/mol. The Labute approximate surface area is 175 Å². The molecule has 0 aromatic heterocycles. The first kappa shape index (κ1) is 19.7. The maximum absolute atomic E-state index is 12.7. The Hall–Kier alpha value is -2.57. The van der Waals surface area contributed by atoms with E-state index >= 15 is 0 Å². The molecule has 7 heteroatoms. The molecule has 0 bridgehead atoms. The molecular weight excluding hydrogens is 390 g/mol. The summed E-state index contributed by atoms with van der Waals surface area (Å²) in [5.74, 6) is 0.0545. The standard InChI is InChI=1S/C22H24ClN3O3/c23-17-5-8-20(25-10-12-29-13-11-25)19(15-17)24-21(27)14-16-3-6-18(7-4-16)26-9-1-2-22(26)28/h3-8,15H,1-2,9-14H2,(H,24,27). The van der Waals surface area contributed by atoms with Crippen molar-refractivity contribution in [3.05, 3.63) is 53.1 Å². The largest absolute Gasteiger partial charge is 0.378 e. The van der Waals surface area contributed by atoms with Crippen LogP contribution in [0.4, 0.5) is 17.1 Å². The summed E-state index contributed by atoms with van der Waals surface area (Å²) in [6, 6.07) is 13.2. The number of morpholine rings is 1. The number of nitrogens with zero attached hydrogens (tertiary/aromatic N) is 2. The van der Waals surface area contributed by atoms with Gasteiger partial charge in [-0.3, -0.25) is 9.59 Å². The van der Waals surface area contributed by atoms with Crippen molar-refractivity contribution in [2.75, 3.05) is 48.0 Å². The molecule has 0 saturated carbocycles. The van der Waals surface area contributed by atoms with Crippen molar-refractivity contribution in [1.29, 1.82) is 0 Å². The molecule has 29 heavy (non-hydrogen) atoms. The Kier molecular flexibility index (Phi) is 6.02. The van der Waals surface area contributed by atoms with E-state index in [9.17, 15) is 9.59 Å². The lowest BCUT2D eigenvalue weighted by molar-refractivity contribution is -0.117. The number of anilines is 3. The number of ether oxygens (including phenoxy) is 1. The van der Waals surface area contributed by atoms with E-state index in [1.807, 2.05) is 36.4 Å². The van der Waals surface area contributed by atoms with Crippen LogP contribution < -0.4 is 15.1 Å². The van der Waals surface area contributed by atoms with Crippen molar-refractivity contribution < 1.29 is 14.3 Å². The van der Waals surface area contributed by atoms with Gasteiger partial charge < -0.3 is 19.9 Å². The van der Waals surface area contributed by atoms with Crippen molar-refractivity contribution in [2.24, 2.45) is 0 Å². The van der Waals surface area contributed by atoms with E-state index < -0.39 is 0 Å². The van der Waals surface area contributed by atoms with E-state index in [1.165, 1.54) is 0 Å². The first-order valence-corrected chi connectivity index (χ1v) is 10.3. The van der Waals surface area contributed by atoms with Crippen molar-refractivity contribution in [1.82, 2.24) is 0 Å². The number of rotatable bonds is 5. The summed E-state index contributed by atoms with van der Waals surface area (Å²) in [7, 11) is 0. The Morgan fingerprint density at radius 1 is 1.07 bits per heavy atom. The van der Waals surface area contributed by atoms with Crippen LogP contribution >= 0.6 is 11.6 Å². The molecule has 0 spiro atoms. The third-order valence-electron chi connectivity index (χ3n) is 5.27. The number of amides is 2. The molecule has 0 atom stereocenters. The van der Waals surface area contributed by atoms with Crippen molar-refractivity contribution >= 4 is 40.5 Å². The molecular formula is C22H24ClN3O3. The summed E-state index contributed by atoms with van der Waals surface area (Å²) in [6.07, 6.45) is 1.76. The highest BCUT2D eigenvalue weighted by Gasteiger charge is 2.21. The predicted octanol–water partition coefficient (Wildman–Crippen LogP) is 3.48. The molecule has 2 heterocycles. The van der Waals surface area contributed by atoms with Gasteiger partial charge in [0.15, 0.2) is 0 Å². The van der Waals surface area contributed by atoms with Gasteiger partial charge in [0.1, 0.15) is 0 Å². The molecule has 2 fully saturated rings. The van der Waals surface area contributed by atoms with Gasteiger partial charge in [-0.15, -0.1) is 0 Å². The minimum atomic E-state index is -0.105. The first-order valence-electron chi connectivity index (χ1n) is 9.91. The summed E-state index contributed by atoms with van der Waals surface area (Å²) in [5.41, 5.74) is 3.45. The van der Waals surface area contributed by atoms with Crippen LogP contribution in [0.15, 0.2) is 42.5 Å². The fraction of sp³-hybridized carbons (Fsp3) is 0.364. The second-order valence-corrected chi connectivity index (χ2v) is 7.74. The Morgan fingerprint density at radius 3 is 2.52 bits per heavy atom. The van der Waals surface area contributed by atoms with Gasteiger partial charge >= 0.3 is 0 Å². The highest BCUT2D eigenvalue weighted by Crippen LogP contribution is 2.30. The molecule has 0 radical (unpaired) electrons. The fourth-order valence-electron chi connectivity index (χ4n) is 3.78. The van der Waals surface area contributed by atoms with Gasteiger partial charge in [-0.05, 0) is 42.3 Å². The van der Waals surface area contributed by atoms with E-state index in [2.05, 4.69) is 10.2 Å². The highest BCUT2D eigenvalue weighted by atomic mass is 35.5. The van der Waals surface area contributed by atoms with Gasteiger partial charge in [0, 0.05) is 36.8 Å². The van der Waals surface area contributed by atoms with E-state index in [1.54, 1.807) is 11.0 Å². The zero-order valence-corrected chi connectivity index (χ0v) is 17.0. The Balaban J connectivity index is 1.43. The molecule has 2 aromatic carbocycles. The average molecular weight is 414 g/mol. The van der Waals surface area contributed by atoms with Crippen LogP contribution in [-0.2, 0) is 20.7 Å². The Bertz CT molecular complexity index is 895. The van der Waals surface area contributed by atoms with Crippen LogP contribution in [0, 0.1) is 0 Å². The topological polar surface area (TPSA) is 61.9 Å². The number of hydrogen-bond acceptors (Lipinski definition) is 4. The maximum Gasteiger partial charge on any atom is 0.228 e. The van der Waals surface area contributed by atoms with Gasteiger partial charge in [0.25, 0.3) is 0 Å². The van der Waals surface area contributed by atoms with Crippen molar-refractivity contribution in [3.8, 4) is 0 Å². The molecule has 1 N–H and O–H groups in total. The molecule has 2 saturated heterocycles. The molecule has 2 aliphatic rings. The molecule has 0 aliphatic carbocycles. The molecule has 2 aliphatic heterocycles. The number of benzene rings is 2. The third-order valence-corrected chi connectivity index (χ3v) is 5.51. The van der Waals surface area contributed by atoms with Crippen LogP contribution in [0.1, 0.15) is 18.4 Å². The number of nitrogens with one attached hydrogen (secondary N) is 1. The van der Waals surface area contributed by atoms with Crippen molar-refractivity contribution in [2.45, 2.75) is 19.3 Å². The van der Waals surface area contributed by atoms with E-state index in [-0.39, 0.29) is 18.2 Å². The minimum Gasteiger partial charge on any atom is -0.378 e. The minimum absolute atomic E-state index is 0.105. The lowest BCUT2D eigenvalue weighted by Crippen LogP contribution is -2.36. The van der Waals surface area contributed by atoms with Crippen LogP contribution in [-0.4, -0.2) is 44.7 Å². The van der Waals surface area contributed by atoms with Crippen molar-refractivity contribution in [3.63, 3.8) is 0 Å². The summed E-state index contributed by atoms with van der Waals surface area (Å²) in [6.45, 7) is 3.66. The SMILES string of the molecule is O=C(Cc1ccc(N2CCCC2=O)cc1)Nc1cc(Cl)ccc1N1CCOCC1. The van der Waals surface area contributed by atoms with E-state index in [0.717, 1.165) is 43.0 Å². The van der Waals surface area contributed by atoms with Gasteiger partial charge in [-0.2, -0.15) is 0 Å². The Morgan fingerprint density at radius 2 is 1.83 bits per heavy atom.